The molecule has 100 valence electrons. The second-order valence-corrected chi connectivity index (χ2v) is 5.93. The van der Waals surface area contributed by atoms with Gasteiger partial charge in [-0.2, -0.15) is 8.42 Å². The summed E-state index contributed by atoms with van der Waals surface area (Å²) in [5.74, 6) is -0.749. The maximum Gasteiger partial charge on any atom is 0.340 e. The van der Waals surface area contributed by atoms with Crippen LogP contribution in [0.5, 0.6) is 5.75 Å². The lowest BCUT2D eigenvalue weighted by atomic mass is 10.3. The summed E-state index contributed by atoms with van der Waals surface area (Å²) in [7, 11) is -4.17. The first-order valence-corrected chi connectivity index (χ1v) is 7.20. The van der Waals surface area contributed by atoms with Crippen molar-refractivity contribution in [2.45, 2.75) is 4.90 Å². The van der Waals surface area contributed by atoms with Crippen LogP contribution >= 0.6 is 23.2 Å². The normalized spacial score (nSPS) is 11.3. The van der Waals surface area contributed by atoms with Gasteiger partial charge in [-0.3, -0.25) is 0 Å². The van der Waals surface area contributed by atoms with E-state index >= 15 is 0 Å². The zero-order chi connectivity index (χ0) is 14.0. The van der Waals surface area contributed by atoms with E-state index in [1.807, 2.05) is 0 Å². The van der Waals surface area contributed by atoms with Crippen molar-refractivity contribution in [1.29, 1.82) is 0 Å². The van der Waals surface area contributed by atoms with E-state index in [1.54, 1.807) is 0 Å². The predicted molar refractivity (Wildman–Crippen MR) is 70.7 cm³/mol. The summed E-state index contributed by atoms with van der Waals surface area (Å²) in [6, 6.07) is 8.73. The highest BCUT2D eigenvalue weighted by Crippen LogP contribution is 2.27. The molecule has 3 nitrogen and oxygen atoms in total. The van der Waals surface area contributed by atoms with Crippen LogP contribution in [0.3, 0.4) is 0 Å². The van der Waals surface area contributed by atoms with Gasteiger partial charge in [0.05, 0.1) is 5.02 Å². The number of rotatable bonds is 3. The van der Waals surface area contributed by atoms with Crippen molar-refractivity contribution in [2.75, 3.05) is 0 Å². The van der Waals surface area contributed by atoms with Crippen molar-refractivity contribution in [1.82, 2.24) is 0 Å². The van der Waals surface area contributed by atoms with Crippen molar-refractivity contribution >= 4 is 33.3 Å². The van der Waals surface area contributed by atoms with Gasteiger partial charge in [-0.1, -0.05) is 29.3 Å². The molecule has 0 N–H and O–H groups in total. The predicted octanol–water partition coefficient (Wildman–Crippen LogP) is 3.90. The first kappa shape index (κ1) is 14.1. The SMILES string of the molecule is O=S(=O)(Oc1cccc(F)c1)c1cc(Cl)ccc1Cl. The molecule has 0 amide bonds. The molecule has 2 aromatic rings. The van der Waals surface area contributed by atoms with Crippen molar-refractivity contribution in [3.05, 3.63) is 58.3 Å². The largest absolute Gasteiger partial charge is 0.379 e. The molecule has 0 aromatic heterocycles. The van der Waals surface area contributed by atoms with E-state index in [0.717, 1.165) is 6.07 Å². The van der Waals surface area contributed by atoms with E-state index in [4.69, 9.17) is 27.4 Å². The lowest BCUT2D eigenvalue weighted by Gasteiger charge is -2.08. The van der Waals surface area contributed by atoms with E-state index < -0.39 is 15.9 Å². The highest BCUT2D eigenvalue weighted by atomic mass is 35.5. The Morgan fingerprint density at radius 1 is 1.05 bits per heavy atom. The monoisotopic (exact) mass is 320 g/mol. The van der Waals surface area contributed by atoms with Gasteiger partial charge in [0.1, 0.15) is 16.5 Å². The Balaban J connectivity index is 2.40. The maximum absolute atomic E-state index is 13.0. The van der Waals surface area contributed by atoms with Crippen LogP contribution in [0.15, 0.2) is 47.4 Å². The Morgan fingerprint density at radius 2 is 1.79 bits per heavy atom. The minimum Gasteiger partial charge on any atom is -0.379 e. The van der Waals surface area contributed by atoms with Crippen LogP contribution in [0.4, 0.5) is 4.39 Å². The number of benzene rings is 2. The molecule has 0 aliphatic rings. The summed E-state index contributed by atoms with van der Waals surface area (Å²) in [4.78, 5) is -0.272. The van der Waals surface area contributed by atoms with Gasteiger partial charge in [0.15, 0.2) is 0 Å². The van der Waals surface area contributed by atoms with Crippen molar-refractivity contribution in [3.8, 4) is 5.75 Å². The molecule has 2 aromatic carbocycles. The van der Waals surface area contributed by atoms with Crippen molar-refractivity contribution < 1.29 is 17.0 Å². The minimum atomic E-state index is -4.17. The molecule has 0 heterocycles. The Labute approximate surface area is 119 Å². The fraction of sp³-hybridized carbons (Fsp3) is 0. The number of hydrogen-bond donors (Lipinski definition) is 0. The fourth-order valence-corrected chi connectivity index (χ4v) is 3.02. The molecule has 0 saturated carbocycles. The van der Waals surface area contributed by atoms with Crippen LogP contribution in [0, 0.1) is 5.82 Å². The van der Waals surface area contributed by atoms with Gasteiger partial charge >= 0.3 is 10.1 Å². The van der Waals surface area contributed by atoms with Gasteiger partial charge in [-0.15, -0.1) is 0 Å². The molecule has 0 saturated heterocycles. The fourth-order valence-electron chi connectivity index (χ4n) is 1.36. The van der Waals surface area contributed by atoms with Gasteiger partial charge in [0, 0.05) is 11.1 Å². The number of hydrogen-bond acceptors (Lipinski definition) is 3. The first-order valence-electron chi connectivity index (χ1n) is 5.03. The lowest BCUT2D eigenvalue weighted by molar-refractivity contribution is 0.483. The summed E-state index contributed by atoms with van der Waals surface area (Å²) < 4.78 is 41.8. The van der Waals surface area contributed by atoms with E-state index in [0.29, 0.717) is 0 Å². The molecule has 0 unspecified atom stereocenters. The number of halogens is 3. The van der Waals surface area contributed by atoms with Crippen LogP contribution in [-0.2, 0) is 10.1 Å². The smallest absolute Gasteiger partial charge is 0.340 e. The van der Waals surface area contributed by atoms with Gasteiger partial charge in [0.2, 0.25) is 0 Å². The van der Waals surface area contributed by atoms with Crippen molar-refractivity contribution in [2.24, 2.45) is 0 Å². The molecule has 0 aliphatic heterocycles. The lowest BCUT2D eigenvalue weighted by Crippen LogP contribution is -2.10. The Bertz CT molecular complexity index is 717. The molecule has 19 heavy (non-hydrogen) atoms. The molecular weight excluding hydrogens is 314 g/mol. The van der Waals surface area contributed by atoms with Gasteiger partial charge in [-0.25, -0.2) is 4.39 Å². The molecule has 2 rings (SSSR count). The topological polar surface area (TPSA) is 43.4 Å². The molecule has 0 spiro atoms. The van der Waals surface area contributed by atoms with Crippen molar-refractivity contribution in [3.63, 3.8) is 0 Å². The standard InChI is InChI=1S/C12H7Cl2FO3S/c13-8-4-5-11(14)12(6-8)19(16,17)18-10-3-1-2-9(15)7-10/h1-7H. The van der Waals surface area contributed by atoms with Crippen LogP contribution in [0.2, 0.25) is 10.0 Å². The second kappa shape index (κ2) is 5.36. The van der Waals surface area contributed by atoms with E-state index in [-0.39, 0.29) is 20.7 Å². The third-order valence-electron chi connectivity index (χ3n) is 2.16. The van der Waals surface area contributed by atoms with E-state index in [2.05, 4.69) is 0 Å². The first-order chi connectivity index (χ1) is 8.88. The Kier molecular flexibility index (Phi) is 3.99. The Hall–Kier alpha value is -1.30. The zero-order valence-electron chi connectivity index (χ0n) is 9.31. The molecule has 0 fully saturated rings. The quantitative estimate of drug-likeness (QED) is 0.805. The van der Waals surface area contributed by atoms with E-state index in [1.165, 1.54) is 36.4 Å². The third-order valence-corrected chi connectivity index (χ3v) is 4.13. The molecule has 0 atom stereocenters. The summed E-state index contributed by atoms with van der Waals surface area (Å²) in [6.07, 6.45) is 0. The van der Waals surface area contributed by atoms with Crippen LogP contribution in [-0.4, -0.2) is 8.42 Å². The second-order valence-electron chi connectivity index (χ2n) is 3.57. The molecule has 7 heteroatoms. The summed E-state index contributed by atoms with van der Waals surface area (Å²) in [6.45, 7) is 0. The highest BCUT2D eigenvalue weighted by Gasteiger charge is 2.21. The Morgan fingerprint density at radius 3 is 2.47 bits per heavy atom. The van der Waals surface area contributed by atoms with Gasteiger partial charge in [0.25, 0.3) is 0 Å². The highest BCUT2D eigenvalue weighted by molar-refractivity contribution is 7.87. The molecule has 0 bridgehead atoms. The summed E-state index contributed by atoms with van der Waals surface area (Å²) in [5, 5.41) is 0.173. The average molecular weight is 321 g/mol. The van der Waals surface area contributed by atoms with Crippen LogP contribution in [0.1, 0.15) is 0 Å². The average Bonchev–Trinajstić information content (AvgIpc) is 2.31. The van der Waals surface area contributed by atoms with Gasteiger partial charge in [-0.05, 0) is 30.3 Å². The molecule has 0 aliphatic carbocycles. The minimum absolute atomic E-state index is 0.0270. The third kappa shape index (κ3) is 3.37. The van der Waals surface area contributed by atoms with Gasteiger partial charge < -0.3 is 4.18 Å². The van der Waals surface area contributed by atoms with Crippen LogP contribution < -0.4 is 4.18 Å². The maximum atomic E-state index is 13.0. The zero-order valence-corrected chi connectivity index (χ0v) is 11.6. The van der Waals surface area contributed by atoms with Crippen LogP contribution in [0.25, 0.3) is 0 Å². The van der Waals surface area contributed by atoms with E-state index in [9.17, 15) is 12.8 Å². The molecule has 0 radical (unpaired) electrons. The summed E-state index contributed by atoms with van der Waals surface area (Å²) >= 11 is 11.5. The summed E-state index contributed by atoms with van der Waals surface area (Å²) in [5.41, 5.74) is 0. The molecular formula is C12H7Cl2FO3S.